The van der Waals surface area contributed by atoms with Gasteiger partial charge in [-0.1, -0.05) is 56.5 Å². The fourth-order valence-corrected chi connectivity index (χ4v) is 3.68. The van der Waals surface area contributed by atoms with Gasteiger partial charge in [-0.2, -0.15) is 0 Å². The Morgan fingerprint density at radius 3 is 2.07 bits per heavy atom. The molecule has 0 unspecified atom stereocenters. The van der Waals surface area contributed by atoms with E-state index in [1.807, 2.05) is 19.9 Å². The van der Waals surface area contributed by atoms with E-state index < -0.39 is 5.97 Å². The average Bonchev–Trinajstić information content (AvgIpc) is 2.74. The minimum Gasteiger partial charge on any atom is -0.505 e. The molecule has 6 nitrogen and oxygen atoms in total. The second-order valence-corrected chi connectivity index (χ2v) is 7.20. The van der Waals surface area contributed by atoms with Crippen LogP contribution in [0.1, 0.15) is 78.3 Å². The van der Waals surface area contributed by atoms with Crippen LogP contribution in [0.3, 0.4) is 0 Å². The number of unbranched alkanes of at least 4 members (excludes halogenated alkanes) is 3. The molecule has 0 spiro atoms. The highest BCUT2D eigenvalue weighted by Crippen LogP contribution is 2.43. The third kappa shape index (κ3) is 5.12. The van der Waals surface area contributed by atoms with Crippen LogP contribution in [-0.4, -0.2) is 35.1 Å². The van der Waals surface area contributed by atoms with Gasteiger partial charge in [-0.25, -0.2) is 4.79 Å². The van der Waals surface area contributed by atoms with Gasteiger partial charge in [-0.15, -0.1) is 0 Å². The van der Waals surface area contributed by atoms with Crippen molar-refractivity contribution in [1.29, 1.82) is 0 Å². The molecule has 6 heteroatoms. The summed E-state index contributed by atoms with van der Waals surface area (Å²) in [7, 11) is 0. The number of carbonyl (C=O) groups is 2. The van der Waals surface area contributed by atoms with Crippen LogP contribution in [-0.2, 0) is 6.42 Å². The predicted octanol–water partition coefficient (Wildman–Crippen LogP) is 5.31. The molecule has 0 aliphatic rings. The van der Waals surface area contributed by atoms with Crippen LogP contribution in [0.2, 0.25) is 0 Å². The van der Waals surface area contributed by atoms with E-state index in [-0.39, 0.29) is 22.8 Å². The monoisotopic (exact) mass is 412 g/mol. The molecule has 0 radical (unpaired) electrons. The molecule has 2 aromatic rings. The predicted molar refractivity (Wildman–Crippen MR) is 121 cm³/mol. The number of benzene rings is 2. The summed E-state index contributed by atoms with van der Waals surface area (Å²) < 4.78 is 0. The van der Waals surface area contributed by atoms with Crippen molar-refractivity contribution in [3.05, 3.63) is 52.6 Å². The van der Waals surface area contributed by atoms with Crippen LogP contribution < -0.4 is 10.6 Å². The Hall–Kier alpha value is -3.02. The lowest BCUT2D eigenvalue weighted by Gasteiger charge is -2.23. The molecule has 2 rings (SSSR count). The fraction of sp³-hybridized carbons (Fsp3) is 0.417. The quantitative estimate of drug-likeness (QED) is 0.214. The van der Waals surface area contributed by atoms with Crippen LogP contribution >= 0.6 is 0 Å². The van der Waals surface area contributed by atoms with Crippen molar-refractivity contribution < 1.29 is 19.8 Å². The van der Waals surface area contributed by atoms with Crippen LogP contribution in [0.15, 0.2) is 30.3 Å². The number of carboxylic acids is 1. The minimum atomic E-state index is -1.23. The number of hydrogen-bond donors (Lipinski definition) is 4. The van der Waals surface area contributed by atoms with E-state index in [4.69, 9.17) is 0 Å². The molecule has 30 heavy (non-hydrogen) atoms. The molecular formula is C24H32N2O4. The lowest BCUT2D eigenvalue weighted by atomic mass is 9.87. The van der Waals surface area contributed by atoms with Gasteiger partial charge in [-0.3, -0.25) is 4.79 Å². The zero-order valence-electron chi connectivity index (χ0n) is 18.0. The van der Waals surface area contributed by atoms with Crippen molar-refractivity contribution in [3.8, 4) is 5.75 Å². The third-order valence-electron chi connectivity index (χ3n) is 5.04. The Morgan fingerprint density at radius 2 is 1.50 bits per heavy atom. The maximum absolute atomic E-state index is 13.6. The van der Waals surface area contributed by atoms with E-state index in [1.54, 1.807) is 24.3 Å². The van der Waals surface area contributed by atoms with Crippen LogP contribution in [0, 0.1) is 0 Å². The Kier molecular flexibility index (Phi) is 8.71. The van der Waals surface area contributed by atoms with Crippen molar-refractivity contribution in [1.82, 2.24) is 0 Å². The number of anilines is 2. The molecule has 0 bridgehead atoms. The van der Waals surface area contributed by atoms with E-state index in [2.05, 4.69) is 17.6 Å². The van der Waals surface area contributed by atoms with E-state index in [0.29, 0.717) is 41.9 Å². The van der Waals surface area contributed by atoms with Gasteiger partial charge in [0.05, 0.1) is 11.3 Å². The number of nitrogens with one attached hydrogen (secondary N) is 2. The van der Waals surface area contributed by atoms with Gasteiger partial charge in [0.1, 0.15) is 11.3 Å². The highest BCUT2D eigenvalue weighted by molar-refractivity contribution is 6.17. The smallest absolute Gasteiger partial charge is 0.339 e. The Bertz CT molecular complexity index is 879. The number of carboxylic acid groups (broad SMARTS) is 1. The highest BCUT2D eigenvalue weighted by atomic mass is 16.4. The summed E-state index contributed by atoms with van der Waals surface area (Å²) in [5, 5.41) is 27.0. The molecule has 0 saturated carbocycles. The molecule has 2 aromatic carbocycles. The van der Waals surface area contributed by atoms with Gasteiger partial charge < -0.3 is 20.8 Å². The molecule has 0 fully saturated rings. The van der Waals surface area contributed by atoms with Crippen molar-refractivity contribution in [3.63, 3.8) is 0 Å². The summed E-state index contributed by atoms with van der Waals surface area (Å²) in [6, 6.07) is 8.84. The average molecular weight is 413 g/mol. The maximum Gasteiger partial charge on any atom is 0.339 e. The van der Waals surface area contributed by atoms with Crippen molar-refractivity contribution >= 4 is 23.1 Å². The van der Waals surface area contributed by atoms with Gasteiger partial charge in [0.25, 0.3) is 0 Å². The van der Waals surface area contributed by atoms with Crippen LogP contribution in [0.4, 0.5) is 11.4 Å². The van der Waals surface area contributed by atoms with E-state index >= 15 is 0 Å². The second-order valence-electron chi connectivity index (χ2n) is 7.20. The van der Waals surface area contributed by atoms with E-state index in [1.165, 1.54) is 0 Å². The van der Waals surface area contributed by atoms with Crippen LogP contribution in [0.25, 0.3) is 0 Å². The van der Waals surface area contributed by atoms with Crippen LogP contribution in [0.5, 0.6) is 5.75 Å². The number of carbonyl (C=O) groups excluding carboxylic acids is 1. The van der Waals surface area contributed by atoms with Gasteiger partial charge in [0.15, 0.2) is 11.5 Å². The van der Waals surface area contributed by atoms with E-state index in [9.17, 15) is 19.8 Å². The summed E-state index contributed by atoms with van der Waals surface area (Å²) in [5.74, 6) is -1.81. The van der Waals surface area contributed by atoms with Crippen molar-refractivity contribution in [2.24, 2.45) is 0 Å². The maximum atomic E-state index is 13.6. The summed E-state index contributed by atoms with van der Waals surface area (Å²) in [4.78, 5) is 25.7. The zero-order valence-corrected chi connectivity index (χ0v) is 18.0. The topological polar surface area (TPSA) is 98.7 Å². The molecule has 0 saturated heterocycles. The molecule has 0 atom stereocenters. The molecule has 162 valence electrons. The standard InChI is InChI=1S/C24H32N2O4/c1-4-7-8-12-15-17-18(22(27)16-13-10-9-11-14-16)20(25-5-2)21(26-6-3)23(28)19(17)24(29)30/h9-11,13-14,25-26,28H,4-8,12,15H2,1-3H3,(H,29,30). The van der Waals surface area contributed by atoms with Crippen molar-refractivity contribution in [2.45, 2.75) is 52.9 Å². The Morgan fingerprint density at radius 1 is 0.867 bits per heavy atom. The van der Waals surface area contributed by atoms with E-state index in [0.717, 1.165) is 25.7 Å². The normalized spacial score (nSPS) is 10.6. The number of rotatable bonds is 12. The SMILES string of the molecule is CCCCCCc1c(C(=O)O)c(O)c(NCC)c(NCC)c1C(=O)c1ccccc1. The number of aromatic hydroxyl groups is 1. The Labute approximate surface area is 178 Å². The number of phenols is 1. The second kappa shape index (κ2) is 11.2. The molecule has 0 aliphatic heterocycles. The summed E-state index contributed by atoms with van der Waals surface area (Å²) in [6.07, 6.45) is 4.17. The first-order valence-corrected chi connectivity index (χ1v) is 10.7. The first-order chi connectivity index (χ1) is 14.5. The minimum absolute atomic E-state index is 0.191. The van der Waals surface area contributed by atoms with Gasteiger partial charge >= 0.3 is 5.97 Å². The lowest BCUT2D eigenvalue weighted by molar-refractivity contribution is 0.0692. The molecule has 0 aromatic heterocycles. The highest BCUT2D eigenvalue weighted by Gasteiger charge is 2.30. The molecular weight excluding hydrogens is 380 g/mol. The van der Waals surface area contributed by atoms with Gasteiger partial charge in [-0.05, 0) is 32.3 Å². The Balaban J connectivity index is 2.79. The molecule has 0 amide bonds. The first kappa shape index (κ1) is 23.3. The number of hydrogen-bond acceptors (Lipinski definition) is 5. The summed E-state index contributed by atoms with van der Waals surface area (Å²) >= 11 is 0. The largest absolute Gasteiger partial charge is 0.505 e. The molecule has 0 aliphatic carbocycles. The number of ketones is 1. The summed E-state index contributed by atoms with van der Waals surface area (Å²) in [6.45, 7) is 6.85. The molecule has 4 N–H and O–H groups in total. The zero-order chi connectivity index (χ0) is 22.1. The summed E-state index contributed by atoms with van der Waals surface area (Å²) in [5.41, 5.74) is 1.72. The third-order valence-corrected chi connectivity index (χ3v) is 5.04. The van der Waals surface area contributed by atoms with Gasteiger partial charge in [0, 0.05) is 18.7 Å². The first-order valence-electron chi connectivity index (χ1n) is 10.7. The van der Waals surface area contributed by atoms with Gasteiger partial charge in [0.2, 0.25) is 0 Å². The number of aromatic carboxylic acids is 1. The fourth-order valence-electron chi connectivity index (χ4n) is 3.68. The lowest BCUT2D eigenvalue weighted by Crippen LogP contribution is -2.18. The van der Waals surface area contributed by atoms with Crippen molar-refractivity contribution in [2.75, 3.05) is 23.7 Å². The molecule has 0 heterocycles.